The van der Waals surface area contributed by atoms with Crippen LogP contribution in [0, 0.1) is 0 Å². The molecule has 1 atom stereocenters. The molecule has 1 rings (SSSR count). The molecule has 0 heterocycles. The van der Waals surface area contributed by atoms with Gasteiger partial charge < -0.3 is 4.74 Å². The lowest BCUT2D eigenvalue weighted by Crippen LogP contribution is -2.17. The second-order valence-corrected chi connectivity index (χ2v) is 4.45. The van der Waals surface area contributed by atoms with Crippen LogP contribution in [-0.4, -0.2) is 12.1 Å². The van der Waals surface area contributed by atoms with Crippen LogP contribution in [0.3, 0.4) is 0 Å². The molecule has 0 spiro atoms. The van der Waals surface area contributed by atoms with Gasteiger partial charge in [-0.2, -0.15) is 0 Å². The van der Waals surface area contributed by atoms with Gasteiger partial charge in [0, 0.05) is 12.8 Å². The molecule has 1 aromatic carbocycles. The van der Waals surface area contributed by atoms with Gasteiger partial charge in [-0.15, -0.1) is 0 Å². The predicted molar refractivity (Wildman–Crippen MR) is 69.8 cm³/mol. The fourth-order valence-corrected chi connectivity index (χ4v) is 1.79. The SMILES string of the molecule is CCCCCC(=O)O[C@@H](C)Cc1ccccc1. The van der Waals surface area contributed by atoms with E-state index in [9.17, 15) is 4.79 Å². The van der Waals surface area contributed by atoms with Gasteiger partial charge in [0.2, 0.25) is 0 Å². The number of unbranched alkanes of at least 4 members (excludes halogenated alkanes) is 2. The van der Waals surface area contributed by atoms with Crippen LogP contribution < -0.4 is 0 Å². The molecule has 0 amide bonds. The van der Waals surface area contributed by atoms with Crippen LogP contribution in [-0.2, 0) is 16.0 Å². The summed E-state index contributed by atoms with van der Waals surface area (Å²) in [6, 6.07) is 10.1. The average Bonchev–Trinajstić information content (AvgIpc) is 2.30. The third-order valence-corrected chi connectivity index (χ3v) is 2.68. The van der Waals surface area contributed by atoms with Gasteiger partial charge in [0.05, 0.1) is 0 Å². The summed E-state index contributed by atoms with van der Waals surface area (Å²) in [7, 11) is 0. The Morgan fingerprint density at radius 3 is 2.59 bits per heavy atom. The average molecular weight is 234 g/mol. The molecule has 17 heavy (non-hydrogen) atoms. The number of esters is 1. The Balaban J connectivity index is 2.25. The van der Waals surface area contributed by atoms with Gasteiger partial charge in [-0.1, -0.05) is 50.1 Å². The number of ether oxygens (including phenoxy) is 1. The first-order valence-electron chi connectivity index (χ1n) is 6.45. The van der Waals surface area contributed by atoms with E-state index in [-0.39, 0.29) is 12.1 Å². The van der Waals surface area contributed by atoms with Gasteiger partial charge in [0.25, 0.3) is 0 Å². The summed E-state index contributed by atoms with van der Waals surface area (Å²) < 4.78 is 5.36. The highest BCUT2D eigenvalue weighted by Gasteiger charge is 2.09. The highest BCUT2D eigenvalue weighted by Crippen LogP contribution is 2.08. The Labute approximate surface area is 104 Å². The van der Waals surface area contributed by atoms with Gasteiger partial charge in [-0.25, -0.2) is 0 Å². The van der Waals surface area contributed by atoms with Crippen molar-refractivity contribution in [3.05, 3.63) is 35.9 Å². The van der Waals surface area contributed by atoms with E-state index in [0.717, 1.165) is 25.7 Å². The first-order valence-corrected chi connectivity index (χ1v) is 6.45. The number of carbonyl (C=O) groups is 1. The van der Waals surface area contributed by atoms with Gasteiger partial charge in [0.15, 0.2) is 0 Å². The van der Waals surface area contributed by atoms with Gasteiger partial charge in [-0.3, -0.25) is 4.79 Å². The van der Waals surface area contributed by atoms with Crippen molar-refractivity contribution in [3.63, 3.8) is 0 Å². The third kappa shape index (κ3) is 6.10. The monoisotopic (exact) mass is 234 g/mol. The lowest BCUT2D eigenvalue weighted by atomic mass is 10.1. The van der Waals surface area contributed by atoms with E-state index in [0.29, 0.717) is 6.42 Å². The molecule has 0 saturated heterocycles. The normalized spacial score (nSPS) is 12.1. The minimum atomic E-state index is -0.0677. The Bertz CT molecular complexity index is 319. The van der Waals surface area contributed by atoms with Crippen LogP contribution in [0.2, 0.25) is 0 Å². The van der Waals surface area contributed by atoms with Crippen LogP contribution in [0.1, 0.15) is 45.1 Å². The number of hydrogen-bond acceptors (Lipinski definition) is 2. The molecule has 0 aliphatic heterocycles. The minimum absolute atomic E-state index is 0.0356. The quantitative estimate of drug-likeness (QED) is 0.530. The third-order valence-electron chi connectivity index (χ3n) is 2.68. The fourth-order valence-electron chi connectivity index (χ4n) is 1.79. The van der Waals surface area contributed by atoms with E-state index in [1.165, 1.54) is 5.56 Å². The maximum Gasteiger partial charge on any atom is 0.306 e. The Hall–Kier alpha value is -1.31. The number of hydrogen-bond donors (Lipinski definition) is 0. The molecule has 0 unspecified atom stereocenters. The summed E-state index contributed by atoms with van der Waals surface area (Å²) >= 11 is 0. The van der Waals surface area contributed by atoms with Crippen LogP contribution in [0.4, 0.5) is 0 Å². The van der Waals surface area contributed by atoms with E-state index in [2.05, 4.69) is 19.1 Å². The Morgan fingerprint density at radius 1 is 1.24 bits per heavy atom. The Morgan fingerprint density at radius 2 is 1.94 bits per heavy atom. The van der Waals surface area contributed by atoms with Crippen molar-refractivity contribution in [2.24, 2.45) is 0 Å². The standard InChI is InChI=1S/C15H22O2/c1-3-4-6-11-15(16)17-13(2)12-14-9-7-5-8-10-14/h5,7-10,13H,3-4,6,11-12H2,1-2H3/t13-/m0/s1. The molecule has 0 aromatic heterocycles. The molecule has 0 fully saturated rings. The zero-order chi connectivity index (χ0) is 12.5. The van der Waals surface area contributed by atoms with E-state index < -0.39 is 0 Å². The lowest BCUT2D eigenvalue weighted by Gasteiger charge is -2.13. The van der Waals surface area contributed by atoms with Crippen LogP contribution in [0.25, 0.3) is 0 Å². The zero-order valence-corrected chi connectivity index (χ0v) is 10.8. The zero-order valence-electron chi connectivity index (χ0n) is 10.8. The molecular weight excluding hydrogens is 212 g/mol. The molecule has 2 nitrogen and oxygen atoms in total. The van der Waals surface area contributed by atoms with Crippen molar-refractivity contribution in [1.82, 2.24) is 0 Å². The summed E-state index contributed by atoms with van der Waals surface area (Å²) in [6.45, 7) is 4.08. The van der Waals surface area contributed by atoms with Crippen LogP contribution >= 0.6 is 0 Å². The number of rotatable bonds is 7. The number of carbonyl (C=O) groups excluding carboxylic acids is 1. The molecule has 0 aliphatic carbocycles. The van der Waals surface area contributed by atoms with Crippen molar-refractivity contribution in [3.8, 4) is 0 Å². The Kier molecular flexibility index (Phi) is 6.38. The molecule has 94 valence electrons. The smallest absolute Gasteiger partial charge is 0.306 e. The van der Waals surface area contributed by atoms with Crippen molar-refractivity contribution < 1.29 is 9.53 Å². The lowest BCUT2D eigenvalue weighted by molar-refractivity contribution is -0.148. The maximum absolute atomic E-state index is 11.5. The largest absolute Gasteiger partial charge is 0.462 e. The number of benzene rings is 1. The van der Waals surface area contributed by atoms with Crippen molar-refractivity contribution >= 4 is 5.97 Å². The fraction of sp³-hybridized carbons (Fsp3) is 0.533. The highest BCUT2D eigenvalue weighted by molar-refractivity contribution is 5.69. The topological polar surface area (TPSA) is 26.3 Å². The van der Waals surface area contributed by atoms with Crippen LogP contribution in [0.15, 0.2) is 30.3 Å². The maximum atomic E-state index is 11.5. The second-order valence-electron chi connectivity index (χ2n) is 4.45. The minimum Gasteiger partial charge on any atom is -0.462 e. The summed E-state index contributed by atoms with van der Waals surface area (Å²) in [5.74, 6) is -0.0677. The molecule has 2 heteroatoms. The van der Waals surface area contributed by atoms with E-state index >= 15 is 0 Å². The molecule has 0 N–H and O–H groups in total. The second kappa shape index (κ2) is 7.88. The van der Waals surface area contributed by atoms with Crippen LogP contribution in [0.5, 0.6) is 0 Å². The summed E-state index contributed by atoms with van der Waals surface area (Å²) in [4.78, 5) is 11.5. The molecule has 0 aliphatic rings. The van der Waals surface area contributed by atoms with Gasteiger partial charge in [0.1, 0.15) is 6.10 Å². The highest BCUT2D eigenvalue weighted by atomic mass is 16.5. The predicted octanol–water partition coefficient (Wildman–Crippen LogP) is 3.74. The molecule has 0 saturated carbocycles. The van der Waals surface area contributed by atoms with E-state index in [1.54, 1.807) is 0 Å². The van der Waals surface area contributed by atoms with Crippen molar-refractivity contribution in [1.29, 1.82) is 0 Å². The van der Waals surface area contributed by atoms with Crippen molar-refractivity contribution in [2.75, 3.05) is 0 Å². The first kappa shape index (κ1) is 13.8. The van der Waals surface area contributed by atoms with E-state index in [4.69, 9.17) is 4.74 Å². The molecular formula is C15H22O2. The van der Waals surface area contributed by atoms with Gasteiger partial charge in [-0.05, 0) is 18.9 Å². The van der Waals surface area contributed by atoms with E-state index in [1.807, 2.05) is 25.1 Å². The molecule has 0 bridgehead atoms. The summed E-state index contributed by atoms with van der Waals surface area (Å²) in [5.41, 5.74) is 1.21. The first-order chi connectivity index (χ1) is 8.22. The summed E-state index contributed by atoms with van der Waals surface area (Å²) in [6.07, 6.45) is 4.47. The molecule has 0 radical (unpaired) electrons. The summed E-state index contributed by atoms with van der Waals surface area (Å²) in [5, 5.41) is 0. The van der Waals surface area contributed by atoms with Crippen molar-refractivity contribution in [2.45, 2.75) is 52.1 Å². The van der Waals surface area contributed by atoms with Gasteiger partial charge >= 0.3 is 5.97 Å². The molecule has 1 aromatic rings.